The number of hydrogen-bond acceptors (Lipinski definition) is 3. The number of fused-ring (bicyclic) bond motifs is 1. The van der Waals surface area contributed by atoms with Gasteiger partial charge in [0.05, 0.1) is 0 Å². The fourth-order valence-corrected chi connectivity index (χ4v) is 3.30. The first-order valence-corrected chi connectivity index (χ1v) is 8.18. The maximum atomic E-state index is 6.35. The van der Waals surface area contributed by atoms with Crippen molar-refractivity contribution in [3.8, 4) is 0 Å². The summed E-state index contributed by atoms with van der Waals surface area (Å²) in [6.07, 6.45) is 2.41. The summed E-state index contributed by atoms with van der Waals surface area (Å²) in [6, 6.07) is 10.3. The van der Waals surface area contributed by atoms with Crippen LogP contribution in [0.2, 0.25) is 5.15 Å². The van der Waals surface area contributed by atoms with Crippen molar-refractivity contribution in [1.29, 1.82) is 0 Å². The van der Waals surface area contributed by atoms with Crippen LogP contribution in [0.3, 0.4) is 0 Å². The number of hydrogen-bond donors (Lipinski definition) is 0. The first kappa shape index (κ1) is 14.6. The summed E-state index contributed by atoms with van der Waals surface area (Å²) < 4.78 is 0. The molecule has 21 heavy (non-hydrogen) atoms. The molecule has 1 aromatic carbocycles. The molecule has 0 saturated carbocycles. The van der Waals surface area contributed by atoms with E-state index in [4.69, 9.17) is 11.6 Å². The minimum absolute atomic E-state index is 0.609. The van der Waals surface area contributed by atoms with E-state index in [-0.39, 0.29) is 0 Å². The Kier molecular flexibility index (Phi) is 4.61. The number of halogens is 1. The van der Waals surface area contributed by atoms with Gasteiger partial charge in [-0.3, -0.25) is 0 Å². The van der Waals surface area contributed by atoms with Gasteiger partial charge in [0, 0.05) is 25.0 Å². The smallest absolute Gasteiger partial charge is 0.139 e. The van der Waals surface area contributed by atoms with Crippen molar-refractivity contribution >= 4 is 28.2 Å². The maximum Gasteiger partial charge on any atom is 0.139 e. The van der Waals surface area contributed by atoms with Gasteiger partial charge in [0.1, 0.15) is 11.0 Å². The number of anilines is 1. The molecule has 0 bridgehead atoms. The summed E-state index contributed by atoms with van der Waals surface area (Å²) in [5, 5.41) is 2.81. The van der Waals surface area contributed by atoms with E-state index in [0.29, 0.717) is 5.15 Å². The molecule has 112 valence electrons. The predicted octanol–water partition coefficient (Wildman–Crippen LogP) is 3.81. The Balaban J connectivity index is 1.83. The van der Waals surface area contributed by atoms with E-state index in [0.717, 1.165) is 30.8 Å². The lowest BCUT2D eigenvalue weighted by Gasteiger charge is -2.23. The van der Waals surface area contributed by atoms with Crippen molar-refractivity contribution < 1.29 is 0 Å². The first-order chi connectivity index (χ1) is 10.3. The Bertz CT molecular complexity index is 614. The third-order valence-electron chi connectivity index (χ3n) is 4.13. The molecule has 0 radical (unpaired) electrons. The van der Waals surface area contributed by atoms with Crippen LogP contribution in [0.1, 0.15) is 19.8 Å². The van der Waals surface area contributed by atoms with Gasteiger partial charge >= 0.3 is 0 Å². The molecule has 4 heteroatoms. The summed E-state index contributed by atoms with van der Waals surface area (Å²) in [4.78, 5) is 9.52. The Morgan fingerprint density at radius 2 is 2.00 bits per heavy atom. The van der Waals surface area contributed by atoms with Crippen molar-refractivity contribution in [2.24, 2.45) is 0 Å². The average molecular weight is 304 g/mol. The summed E-state index contributed by atoms with van der Waals surface area (Å²) in [5.41, 5.74) is 0. The zero-order valence-electron chi connectivity index (χ0n) is 12.6. The van der Waals surface area contributed by atoms with Crippen LogP contribution >= 0.6 is 11.6 Å². The highest BCUT2D eigenvalue weighted by atomic mass is 35.5. The number of rotatable bonds is 3. The second-order valence-electron chi connectivity index (χ2n) is 5.67. The van der Waals surface area contributed by atoms with E-state index in [9.17, 15) is 0 Å². The Hall–Kier alpha value is -1.32. The van der Waals surface area contributed by atoms with Crippen LogP contribution in [-0.2, 0) is 0 Å². The van der Waals surface area contributed by atoms with E-state index in [2.05, 4.69) is 33.8 Å². The quantitative estimate of drug-likeness (QED) is 0.804. The molecular weight excluding hydrogens is 282 g/mol. The van der Waals surface area contributed by atoms with Crippen molar-refractivity contribution in [1.82, 2.24) is 9.88 Å². The average Bonchev–Trinajstić information content (AvgIpc) is 2.73. The second kappa shape index (κ2) is 6.63. The monoisotopic (exact) mass is 303 g/mol. The van der Waals surface area contributed by atoms with Crippen molar-refractivity contribution in [3.63, 3.8) is 0 Å². The highest BCUT2D eigenvalue weighted by molar-refractivity contribution is 6.34. The molecule has 3 nitrogen and oxygen atoms in total. The van der Waals surface area contributed by atoms with Crippen LogP contribution in [0.5, 0.6) is 0 Å². The maximum absolute atomic E-state index is 6.35. The van der Waals surface area contributed by atoms with Crippen molar-refractivity contribution in [3.05, 3.63) is 35.5 Å². The van der Waals surface area contributed by atoms with E-state index in [1.807, 2.05) is 18.2 Å². The van der Waals surface area contributed by atoms with Gasteiger partial charge in [-0.15, -0.1) is 0 Å². The Labute approximate surface area is 131 Å². The summed E-state index contributed by atoms with van der Waals surface area (Å²) in [6.45, 7) is 7.82. The van der Waals surface area contributed by atoms with Gasteiger partial charge in [0.15, 0.2) is 0 Å². The van der Waals surface area contributed by atoms with Gasteiger partial charge in [-0.05, 0) is 37.4 Å². The topological polar surface area (TPSA) is 19.4 Å². The molecule has 0 atom stereocenters. The number of pyridine rings is 1. The van der Waals surface area contributed by atoms with Crippen LogP contribution in [0.4, 0.5) is 5.82 Å². The molecule has 1 saturated heterocycles. The molecule has 0 N–H and O–H groups in total. The third kappa shape index (κ3) is 3.30. The summed E-state index contributed by atoms with van der Waals surface area (Å²) in [5.74, 6) is 1.01. The highest BCUT2D eigenvalue weighted by Gasteiger charge is 2.16. The molecule has 0 spiro atoms. The number of benzene rings is 1. The fourth-order valence-electron chi connectivity index (χ4n) is 3.04. The van der Waals surface area contributed by atoms with Crippen LogP contribution in [0, 0.1) is 0 Å². The van der Waals surface area contributed by atoms with Gasteiger partial charge in [0.2, 0.25) is 0 Å². The lowest BCUT2D eigenvalue weighted by Crippen LogP contribution is -2.31. The van der Waals surface area contributed by atoms with E-state index >= 15 is 0 Å². The number of nitrogens with zero attached hydrogens (tertiary/aromatic N) is 3. The zero-order chi connectivity index (χ0) is 14.7. The lowest BCUT2D eigenvalue weighted by atomic mass is 10.2. The Morgan fingerprint density at radius 3 is 2.86 bits per heavy atom. The molecule has 3 rings (SSSR count). The molecule has 2 aromatic rings. The molecule has 0 aliphatic carbocycles. The SMILES string of the molecule is CCCN1CCCN(c2cc3ccccc3c(Cl)n2)CC1. The minimum atomic E-state index is 0.609. The molecule has 1 aromatic heterocycles. The molecular formula is C17H22ClN3. The van der Waals surface area contributed by atoms with Gasteiger partial charge in [-0.25, -0.2) is 4.98 Å². The van der Waals surface area contributed by atoms with E-state index < -0.39 is 0 Å². The van der Waals surface area contributed by atoms with E-state index in [1.165, 1.54) is 31.3 Å². The zero-order valence-corrected chi connectivity index (χ0v) is 13.3. The highest BCUT2D eigenvalue weighted by Crippen LogP contribution is 2.26. The Morgan fingerprint density at radius 1 is 1.14 bits per heavy atom. The molecule has 0 unspecified atom stereocenters. The second-order valence-corrected chi connectivity index (χ2v) is 6.03. The largest absolute Gasteiger partial charge is 0.355 e. The van der Waals surface area contributed by atoms with E-state index in [1.54, 1.807) is 0 Å². The van der Waals surface area contributed by atoms with Gasteiger partial charge in [0.25, 0.3) is 0 Å². The van der Waals surface area contributed by atoms with Crippen molar-refractivity contribution in [2.45, 2.75) is 19.8 Å². The van der Waals surface area contributed by atoms with Crippen LogP contribution in [-0.4, -0.2) is 42.6 Å². The summed E-state index contributed by atoms with van der Waals surface area (Å²) >= 11 is 6.35. The van der Waals surface area contributed by atoms with Crippen LogP contribution in [0.15, 0.2) is 30.3 Å². The van der Waals surface area contributed by atoms with Crippen LogP contribution < -0.4 is 4.90 Å². The molecule has 1 aliphatic rings. The van der Waals surface area contributed by atoms with Gasteiger partial charge in [-0.1, -0.05) is 42.8 Å². The van der Waals surface area contributed by atoms with Crippen molar-refractivity contribution in [2.75, 3.05) is 37.6 Å². The van der Waals surface area contributed by atoms with Gasteiger partial charge < -0.3 is 9.80 Å². The first-order valence-electron chi connectivity index (χ1n) is 7.80. The van der Waals surface area contributed by atoms with Crippen LogP contribution in [0.25, 0.3) is 10.8 Å². The number of aromatic nitrogens is 1. The molecule has 1 fully saturated rings. The fraction of sp³-hybridized carbons (Fsp3) is 0.471. The lowest BCUT2D eigenvalue weighted by molar-refractivity contribution is 0.294. The third-order valence-corrected chi connectivity index (χ3v) is 4.42. The van der Waals surface area contributed by atoms with Gasteiger partial charge in [-0.2, -0.15) is 0 Å². The molecule has 0 amide bonds. The summed E-state index contributed by atoms with van der Waals surface area (Å²) in [7, 11) is 0. The standard InChI is InChI=1S/C17H22ClN3/c1-2-8-20-9-5-10-21(12-11-20)16-13-14-6-3-4-7-15(14)17(18)19-16/h3-4,6-7,13H,2,5,8-12H2,1H3. The normalized spacial score (nSPS) is 17.1. The molecule has 2 heterocycles. The molecule has 1 aliphatic heterocycles. The minimum Gasteiger partial charge on any atom is -0.355 e. The predicted molar refractivity (Wildman–Crippen MR) is 90.3 cm³/mol.